The molecule has 2 aromatic heterocycles. The number of hydrogen-bond donors (Lipinski definition) is 1. The fraction of sp³-hybridized carbons (Fsp3) is 0.250. The molecule has 0 spiro atoms. The van der Waals surface area contributed by atoms with E-state index in [-0.39, 0.29) is 5.69 Å². The summed E-state index contributed by atoms with van der Waals surface area (Å²) in [4.78, 5) is 11.7. The second-order valence-electron chi connectivity index (χ2n) is 5.93. The Balaban J connectivity index is 2.30. The molecule has 0 bridgehead atoms. The normalized spacial score (nSPS) is 11.6. The molecule has 7 nitrogen and oxygen atoms in total. The summed E-state index contributed by atoms with van der Waals surface area (Å²) in [5.41, 5.74) is 7.24. The Morgan fingerprint density at radius 3 is 2.65 bits per heavy atom. The number of rotatable bonds is 3. The maximum absolute atomic E-state index is 11.7. The zero-order chi connectivity index (χ0) is 16.8. The molecular weight excluding hydrogens is 292 g/mol. The van der Waals surface area contributed by atoms with E-state index in [1.165, 1.54) is 0 Å². The third kappa shape index (κ3) is 2.34. The third-order valence-electron chi connectivity index (χ3n) is 3.76. The predicted molar refractivity (Wildman–Crippen MR) is 85.4 cm³/mol. The fourth-order valence-corrected chi connectivity index (χ4v) is 2.52. The molecule has 2 heterocycles. The van der Waals surface area contributed by atoms with Gasteiger partial charge in [0, 0.05) is 24.2 Å². The smallest absolute Gasteiger partial charge is 0.269 e. The summed E-state index contributed by atoms with van der Waals surface area (Å²) < 4.78 is 3.26. The highest BCUT2D eigenvalue weighted by molar-refractivity contribution is 6.05. The Labute approximate surface area is 132 Å². The largest absolute Gasteiger partial charge is 0.364 e. The molecular formula is C16H16N6O. The summed E-state index contributed by atoms with van der Waals surface area (Å²) in [6, 6.07) is 7.78. The van der Waals surface area contributed by atoms with Crippen LogP contribution < -0.4 is 5.73 Å². The van der Waals surface area contributed by atoms with Crippen LogP contribution in [0.15, 0.2) is 30.6 Å². The average molecular weight is 308 g/mol. The lowest BCUT2D eigenvalue weighted by molar-refractivity contribution is 0.0995. The topological polar surface area (TPSA) is 103 Å². The molecule has 0 unspecified atom stereocenters. The Morgan fingerprint density at radius 2 is 2.09 bits per heavy atom. The van der Waals surface area contributed by atoms with Crippen molar-refractivity contribution in [3.63, 3.8) is 0 Å². The van der Waals surface area contributed by atoms with Gasteiger partial charge in [-0.15, -0.1) is 0 Å². The van der Waals surface area contributed by atoms with E-state index in [0.717, 1.165) is 11.1 Å². The standard InChI is InChI=1S/C16H16N6O/c1-16(2,9-17)22-13-6-10(11-7-19-21(3)8-11)4-5-12(13)14(20-22)15(18)23/h4-8H,1-3H3,(H2,18,23). The molecule has 0 saturated carbocycles. The molecule has 0 saturated heterocycles. The number of nitriles is 1. The van der Waals surface area contributed by atoms with Crippen LogP contribution in [0.5, 0.6) is 0 Å². The molecule has 116 valence electrons. The number of nitrogens with two attached hydrogens (primary N) is 1. The summed E-state index contributed by atoms with van der Waals surface area (Å²) in [6.07, 6.45) is 3.65. The quantitative estimate of drug-likeness (QED) is 0.796. The fourth-order valence-electron chi connectivity index (χ4n) is 2.52. The number of carbonyl (C=O) groups is 1. The number of hydrogen-bond acceptors (Lipinski definition) is 4. The Bertz CT molecular complexity index is 957. The van der Waals surface area contributed by atoms with E-state index in [1.54, 1.807) is 35.5 Å². The van der Waals surface area contributed by atoms with E-state index in [9.17, 15) is 10.1 Å². The van der Waals surface area contributed by atoms with Crippen molar-refractivity contribution in [1.29, 1.82) is 5.26 Å². The lowest BCUT2D eigenvalue weighted by atomic mass is 10.0. The van der Waals surface area contributed by atoms with Gasteiger partial charge in [0.2, 0.25) is 0 Å². The van der Waals surface area contributed by atoms with E-state index >= 15 is 0 Å². The van der Waals surface area contributed by atoms with E-state index in [1.807, 2.05) is 25.4 Å². The molecule has 0 fully saturated rings. The van der Waals surface area contributed by atoms with Crippen LogP contribution in [0.3, 0.4) is 0 Å². The maximum Gasteiger partial charge on any atom is 0.269 e. The summed E-state index contributed by atoms with van der Waals surface area (Å²) >= 11 is 0. The average Bonchev–Trinajstić information content (AvgIpc) is 3.10. The van der Waals surface area contributed by atoms with Crippen molar-refractivity contribution in [2.45, 2.75) is 19.4 Å². The number of primary amides is 1. The van der Waals surface area contributed by atoms with Gasteiger partial charge < -0.3 is 5.73 Å². The number of aryl methyl sites for hydroxylation is 1. The van der Waals surface area contributed by atoms with Crippen LogP contribution in [0.1, 0.15) is 24.3 Å². The summed E-state index contributed by atoms with van der Waals surface area (Å²) in [5, 5.41) is 18.5. The van der Waals surface area contributed by atoms with Crippen LogP contribution in [0.2, 0.25) is 0 Å². The molecule has 0 aliphatic heterocycles. The summed E-state index contributed by atoms with van der Waals surface area (Å²) in [7, 11) is 1.84. The summed E-state index contributed by atoms with van der Waals surface area (Å²) in [5.74, 6) is -0.614. The van der Waals surface area contributed by atoms with E-state index in [0.29, 0.717) is 10.9 Å². The van der Waals surface area contributed by atoms with Crippen LogP contribution in [0.4, 0.5) is 0 Å². The zero-order valence-corrected chi connectivity index (χ0v) is 13.1. The molecule has 3 aromatic rings. The van der Waals surface area contributed by atoms with Crippen LogP contribution in [-0.2, 0) is 12.6 Å². The van der Waals surface area contributed by atoms with Gasteiger partial charge in [0.15, 0.2) is 5.69 Å². The number of benzene rings is 1. The van der Waals surface area contributed by atoms with Crippen molar-refractivity contribution in [1.82, 2.24) is 19.6 Å². The highest BCUT2D eigenvalue weighted by Gasteiger charge is 2.26. The SMILES string of the molecule is Cn1cc(-c2ccc3c(C(N)=O)nn(C(C)(C)C#N)c3c2)cn1. The number of aromatic nitrogens is 4. The monoisotopic (exact) mass is 308 g/mol. The first-order chi connectivity index (χ1) is 10.8. The molecule has 0 radical (unpaired) electrons. The van der Waals surface area contributed by atoms with Crippen LogP contribution in [0.25, 0.3) is 22.0 Å². The first kappa shape index (κ1) is 14.8. The van der Waals surface area contributed by atoms with E-state index in [2.05, 4.69) is 16.3 Å². The molecule has 23 heavy (non-hydrogen) atoms. The minimum atomic E-state index is -0.903. The predicted octanol–water partition coefficient (Wildman–Crippen LogP) is 1.79. The van der Waals surface area contributed by atoms with Gasteiger partial charge in [0.05, 0.1) is 17.8 Å². The third-order valence-corrected chi connectivity index (χ3v) is 3.76. The van der Waals surface area contributed by atoms with Crippen LogP contribution >= 0.6 is 0 Å². The van der Waals surface area contributed by atoms with Gasteiger partial charge in [-0.25, -0.2) is 4.68 Å². The molecule has 7 heteroatoms. The first-order valence-electron chi connectivity index (χ1n) is 7.07. The summed E-state index contributed by atoms with van der Waals surface area (Å²) in [6.45, 7) is 3.47. The van der Waals surface area contributed by atoms with Gasteiger partial charge in [-0.3, -0.25) is 9.48 Å². The molecule has 0 aliphatic carbocycles. The van der Waals surface area contributed by atoms with Crippen LogP contribution in [-0.4, -0.2) is 25.5 Å². The Morgan fingerprint density at radius 1 is 1.35 bits per heavy atom. The second kappa shape index (κ2) is 4.95. The molecule has 0 atom stereocenters. The molecule has 0 aliphatic rings. The van der Waals surface area contributed by atoms with Crippen molar-refractivity contribution in [3.05, 3.63) is 36.3 Å². The molecule has 1 aromatic carbocycles. The number of fused-ring (bicyclic) bond motifs is 1. The van der Waals surface area contributed by atoms with Gasteiger partial charge in [-0.1, -0.05) is 6.07 Å². The number of amides is 1. The van der Waals surface area contributed by atoms with E-state index in [4.69, 9.17) is 5.73 Å². The van der Waals surface area contributed by atoms with Crippen molar-refractivity contribution in [2.75, 3.05) is 0 Å². The van der Waals surface area contributed by atoms with Gasteiger partial charge in [0.1, 0.15) is 5.54 Å². The molecule has 1 amide bonds. The molecule has 2 N–H and O–H groups in total. The number of nitrogens with zero attached hydrogens (tertiary/aromatic N) is 5. The Hall–Kier alpha value is -3.14. The Kier molecular flexibility index (Phi) is 3.18. The number of carbonyl (C=O) groups excluding carboxylic acids is 1. The van der Waals surface area contributed by atoms with Crippen LogP contribution in [0, 0.1) is 11.3 Å². The van der Waals surface area contributed by atoms with Crippen molar-refractivity contribution in [2.24, 2.45) is 12.8 Å². The molecule has 3 rings (SSSR count). The van der Waals surface area contributed by atoms with Gasteiger partial charge in [-0.2, -0.15) is 15.5 Å². The first-order valence-corrected chi connectivity index (χ1v) is 7.07. The van der Waals surface area contributed by atoms with Crippen molar-refractivity contribution in [3.8, 4) is 17.2 Å². The lowest BCUT2D eigenvalue weighted by Gasteiger charge is -2.17. The minimum absolute atomic E-state index is 0.168. The van der Waals surface area contributed by atoms with Gasteiger partial charge >= 0.3 is 0 Å². The lowest BCUT2D eigenvalue weighted by Crippen LogP contribution is -2.26. The zero-order valence-electron chi connectivity index (χ0n) is 13.1. The van der Waals surface area contributed by atoms with Gasteiger partial charge in [0.25, 0.3) is 5.91 Å². The van der Waals surface area contributed by atoms with Crippen molar-refractivity contribution >= 4 is 16.8 Å². The van der Waals surface area contributed by atoms with Gasteiger partial charge in [-0.05, 0) is 31.5 Å². The minimum Gasteiger partial charge on any atom is -0.364 e. The maximum atomic E-state index is 11.7. The highest BCUT2D eigenvalue weighted by Crippen LogP contribution is 2.29. The second-order valence-corrected chi connectivity index (χ2v) is 5.93. The van der Waals surface area contributed by atoms with E-state index < -0.39 is 11.4 Å². The highest BCUT2D eigenvalue weighted by atomic mass is 16.1. The van der Waals surface area contributed by atoms with Crippen molar-refractivity contribution < 1.29 is 4.79 Å².